The zero-order chi connectivity index (χ0) is 12.5. The number of aliphatic hydroxyl groups excluding tert-OH is 1. The fourth-order valence-electron chi connectivity index (χ4n) is 1.69. The summed E-state index contributed by atoms with van der Waals surface area (Å²) in [6.07, 6.45) is 1.70. The summed E-state index contributed by atoms with van der Waals surface area (Å²) in [5.41, 5.74) is 1.83. The molecule has 0 saturated carbocycles. The molecule has 0 bridgehead atoms. The predicted octanol–water partition coefficient (Wildman–Crippen LogP) is 2.67. The minimum Gasteiger partial charge on any atom is -0.390 e. The highest BCUT2D eigenvalue weighted by Gasteiger charge is 2.11. The predicted molar refractivity (Wildman–Crippen MR) is 72.9 cm³/mol. The highest BCUT2D eigenvalue weighted by molar-refractivity contribution is 8.01. The van der Waals surface area contributed by atoms with Crippen LogP contribution < -0.4 is 0 Å². The largest absolute Gasteiger partial charge is 0.390 e. The molecule has 2 heterocycles. The van der Waals surface area contributed by atoms with Crippen LogP contribution in [0, 0.1) is 0 Å². The minimum atomic E-state index is 0.00744. The lowest BCUT2D eigenvalue weighted by Gasteiger charge is -2.02. The summed E-state index contributed by atoms with van der Waals surface area (Å²) in [6.45, 7) is 0.00744. The average molecular weight is 277 g/mol. The van der Waals surface area contributed by atoms with E-state index in [1.807, 2.05) is 29.8 Å². The molecule has 0 aliphatic rings. The van der Waals surface area contributed by atoms with Gasteiger partial charge in [0.05, 0.1) is 28.2 Å². The summed E-state index contributed by atoms with van der Waals surface area (Å²) in [4.78, 5) is 4.31. The SMILES string of the molecule is Cn1c(CO)cnc1Sc1snc2ccccc12. The van der Waals surface area contributed by atoms with Crippen molar-refractivity contribution in [2.75, 3.05) is 0 Å². The second-order valence-electron chi connectivity index (χ2n) is 3.84. The second kappa shape index (κ2) is 4.72. The summed E-state index contributed by atoms with van der Waals surface area (Å²) in [5.74, 6) is 0. The lowest BCUT2D eigenvalue weighted by molar-refractivity contribution is 0.271. The number of rotatable bonds is 3. The van der Waals surface area contributed by atoms with Gasteiger partial charge in [-0.25, -0.2) is 4.98 Å². The van der Waals surface area contributed by atoms with Gasteiger partial charge in [-0.15, -0.1) is 0 Å². The van der Waals surface area contributed by atoms with Crippen LogP contribution in [0.3, 0.4) is 0 Å². The Bertz CT molecular complexity index is 690. The third-order valence-electron chi connectivity index (χ3n) is 2.74. The van der Waals surface area contributed by atoms with Crippen molar-refractivity contribution >= 4 is 34.2 Å². The van der Waals surface area contributed by atoms with Gasteiger partial charge >= 0.3 is 0 Å². The van der Waals surface area contributed by atoms with Gasteiger partial charge in [0, 0.05) is 12.4 Å². The zero-order valence-electron chi connectivity index (χ0n) is 9.70. The maximum absolute atomic E-state index is 9.15. The number of hydrogen-bond acceptors (Lipinski definition) is 5. The van der Waals surface area contributed by atoms with Crippen molar-refractivity contribution in [3.63, 3.8) is 0 Å². The maximum Gasteiger partial charge on any atom is 0.173 e. The number of benzene rings is 1. The van der Waals surface area contributed by atoms with Crippen molar-refractivity contribution in [3.05, 3.63) is 36.2 Å². The highest BCUT2D eigenvalue weighted by Crippen LogP contribution is 2.35. The molecule has 92 valence electrons. The van der Waals surface area contributed by atoms with Crippen LogP contribution in [0.1, 0.15) is 5.69 Å². The van der Waals surface area contributed by atoms with Crippen molar-refractivity contribution in [1.82, 2.24) is 13.9 Å². The van der Waals surface area contributed by atoms with Gasteiger partial charge in [-0.2, -0.15) is 4.37 Å². The fourth-order valence-corrected chi connectivity index (χ4v) is 3.59. The number of hydrogen-bond donors (Lipinski definition) is 1. The molecule has 6 heteroatoms. The first-order chi connectivity index (χ1) is 8.79. The van der Waals surface area contributed by atoms with E-state index in [1.54, 1.807) is 18.0 Å². The quantitative estimate of drug-likeness (QED) is 0.799. The molecule has 18 heavy (non-hydrogen) atoms. The van der Waals surface area contributed by atoms with Crippen molar-refractivity contribution in [3.8, 4) is 0 Å². The van der Waals surface area contributed by atoms with E-state index in [2.05, 4.69) is 15.4 Å². The van der Waals surface area contributed by atoms with Gasteiger partial charge in [0.25, 0.3) is 0 Å². The Kier molecular flexibility index (Phi) is 3.07. The van der Waals surface area contributed by atoms with E-state index < -0.39 is 0 Å². The summed E-state index contributed by atoms with van der Waals surface area (Å²) in [7, 11) is 1.91. The Morgan fingerprint density at radius 3 is 3.00 bits per heavy atom. The Morgan fingerprint density at radius 2 is 2.22 bits per heavy atom. The fraction of sp³-hybridized carbons (Fsp3) is 0.167. The molecule has 1 aromatic carbocycles. The molecule has 0 atom stereocenters. The third kappa shape index (κ3) is 1.92. The summed E-state index contributed by atoms with van der Waals surface area (Å²) >= 11 is 3.06. The van der Waals surface area contributed by atoms with Gasteiger partial charge in [0.1, 0.15) is 0 Å². The van der Waals surface area contributed by atoms with Gasteiger partial charge in [0.2, 0.25) is 0 Å². The lowest BCUT2D eigenvalue weighted by atomic mass is 10.3. The first-order valence-electron chi connectivity index (χ1n) is 5.43. The monoisotopic (exact) mass is 277 g/mol. The molecule has 0 aliphatic heterocycles. The standard InChI is InChI=1S/C12H11N3OS2/c1-15-8(7-16)6-13-12(15)17-11-9-4-2-3-5-10(9)14-18-11/h2-6,16H,7H2,1H3. The molecule has 0 spiro atoms. The van der Waals surface area contributed by atoms with E-state index in [1.165, 1.54) is 11.5 Å². The van der Waals surface area contributed by atoms with Crippen LogP contribution in [0.4, 0.5) is 0 Å². The molecular formula is C12H11N3OS2. The van der Waals surface area contributed by atoms with Gasteiger partial charge in [-0.1, -0.05) is 18.2 Å². The topological polar surface area (TPSA) is 50.9 Å². The molecule has 1 N–H and O–H groups in total. The van der Waals surface area contributed by atoms with Crippen molar-refractivity contribution in [1.29, 1.82) is 0 Å². The molecule has 0 radical (unpaired) electrons. The number of nitrogens with zero attached hydrogens (tertiary/aromatic N) is 3. The molecule has 0 aliphatic carbocycles. The van der Waals surface area contributed by atoms with Crippen LogP contribution in [-0.2, 0) is 13.7 Å². The summed E-state index contributed by atoms with van der Waals surface area (Å²) in [5, 5.41) is 11.2. The number of aromatic nitrogens is 3. The smallest absolute Gasteiger partial charge is 0.173 e. The van der Waals surface area contributed by atoms with Gasteiger partial charge in [0.15, 0.2) is 5.16 Å². The van der Waals surface area contributed by atoms with Crippen LogP contribution in [-0.4, -0.2) is 19.0 Å². The van der Waals surface area contributed by atoms with E-state index in [0.717, 1.165) is 26.0 Å². The Morgan fingerprint density at radius 1 is 1.39 bits per heavy atom. The first kappa shape index (κ1) is 11.7. The van der Waals surface area contributed by atoms with Crippen LogP contribution >= 0.6 is 23.3 Å². The van der Waals surface area contributed by atoms with Crippen LogP contribution in [0.15, 0.2) is 39.8 Å². The minimum absolute atomic E-state index is 0.00744. The first-order valence-corrected chi connectivity index (χ1v) is 7.02. The van der Waals surface area contributed by atoms with Crippen molar-refractivity contribution < 1.29 is 5.11 Å². The molecule has 2 aromatic heterocycles. The second-order valence-corrected chi connectivity index (χ2v) is 5.85. The van der Waals surface area contributed by atoms with Crippen LogP contribution in [0.2, 0.25) is 0 Å². The van der Waals surface area contributed by atoms with Gasteiger partial charge in [-0.3, -0.25) is 0 Å². The highest BCUT2D eigenvalue weighted by atomic mass is 32.2. The number of imidazole rings is 1. The average Bonchev–Trinajstić information content (AvgIpc) is 2.96. The summed E-state index contributed by atoms with van der Waals surface area (Å²) < 4.78 is 7.44. The Hall–Kier alpha value is -1.37. The molecule has 0 fully saturated rings. The lowest BCUT2D eigenvalue weighted by Crippen LogP contribution is -1.96. The maximum atomic E-state index is 9.15. The van der Waals surface area contributed by atoms with Crippen molar-refractivity contribution in [2.24, 2.45) is 7.05 Å². The Balaban J connectivity index is 1.99. The molecule has 0 amide bonds. The summed E-state index contributed by atoms with van der Waals surface area (Å²) in [6, 6.07) is 8.07. The van der Waals surface area contributed by atoms with Crippen LogP contribution in [0.5, 0.6) is 0 Å². The van der Waals surface area contributed by atoms with Gasteiger partial charge < -0.3 is 9.67 Å². The Labute approximate surface area is 112 Å². The van der Waals surface area contributed by atoms with Gasteiger partial charge in [-0.05, 0) is 29.4 Å². The normalized spacial score (nSPS) is 11.2. The van der Waals surface area contributed by atoms with E-state index in [4.69, 9.17) is 5.11 Å². The van der Waals surface area contributed by atoms with Crippen LogP contribution in [0.25, 0.3) is 10.9 Å². The molecular weight excluding hydrogens is 266 g/mol. The van der Waals surface area contributed by atoms with E-state index in [0.29, 0.717) is 0 Å². The molecule has 0 saturated heterocycles. The number of fused-ring (bicyclic) bond motifs is 1. The van der Waals surface area contributed by atoms with Crippen molar-refractivity contribution in [2.45, 2.75) is 16.0 Å². The molecule has 4 nitrogen and oxygen atoms in total. The third-order valence-corrected chi connectivity index (χ3v) is 4.85. The zero-order valence-corrected chi connectivity index (χ0v) is 11.3. The number of aliphatic hydroxyl groups is 1. The molecule has 3 aromatic rings. The van der Waals surface area contributed by atoms with E-state index in [-0.39, 0.29) is 6.61 Å². The molecule has 0 unspecified atom stereocenters. The van der Waals surface area contributed by atoms with E-state index in [9.17, 15) is 0 Å². The molecule has 3 rings (SSSR count). The van der Waals surface area contributed by atoms with E-state index >= 15 is 0 Å².